The number of esters is 3. The van der Waals surface area contributed by atoms with E-state index in [4.69, 9.17) is 89.0 Å². The van der Waals surface area contributed by atoms with Crippen LogP contribution in [0.15, 0.2) is 236 Å². The van der Waals surface area contributed by atoms with Gasteiger partial charge in [0.05, 0.1) is 85.7 Å². The first-order chi connectivity index (χ1) is 65.6. The number of aliphatic hydroxyl groups is 5. The van der Waals surface area contributed by atoms with Crippen LogP contribution < -0.4 is 55.7 Å². The van der Waals surface area contributed by atoms with Gasteiger partial charge < -0.3 is 115 Å². The predicted molar refractivity (Wildman–Crippen MR) is 532 cm³/mol. The fourth-order valence-corrected chi connectivity index (χ4v) is 15.9. The van der Waals surface area contributed by atoms with Crippen molar-refractivity contribution in [3.8, 4) is 45.3 Å². The Morgan fingerprint density at radius 2 is 0.698 bits per heavy atom. The Morgan fingerprint density at radius 1 is 0.381 bits per heavy atom. The Balaban J connectivity index is 0.000000236. The number of phenolic OH excluding ortho intramolecular Hbond substituents is 1. The van der Waals surface area contributed by atoms with Gasteiger partial charge in [-0.2, -0.15) is 0 Å². The summed E-state index contributed by atoms with van der Waals surface area (Å²) in [7, 11) is -1.40. The predicted octanol–water partition coefficient (Wildman–Crippen LogP) is 13.5. The van der Waals surface area contributed by atoms with Crippen molar-refractivity contribution < 1.29 is 153 Å². The van der Waals surface area contributed by atoms with Gasteiger partial charge in [0.2, 0.25) is 0 Å². The molecule has 15 aromatic rings. The van der Waals surface area contributed by atoms with Crippen molar-refractivity contribution in [1.29, 1.82) is 0 Å². The Hall–Kier alpha value is -11.6. The first kappa shape index (κ1) is 114. The van der Waals surface area contributed by atoms with E-state index in [0.717, 1.165) is 130 Å². The zero-order chi connectivity index (χ0) is 97.9. The summed E-state index contributed by atoms with van der Waals surface area (Å²) in [6.07, 6.45) is 1.22. The number of halogens is 7. The Bertz CT molecular complexity index is 6560. The van der Waals surface area contributed by atoms with E-state index < -0.39 is 54.3 Å². The molecule has 16 N–H and O–H groups in total. The number of aliphatic carboxylic acids is 1. The van der Waals surface area contributed by atoms with E-state index in [1.165, 1.54) is 60.7 Å². The maximum absolute atomic E-state index is 13.8. The molecule has 15 rings (SSSR count). The van der Waals surface area contributed by atoms with Gasteiger partial charge in [-0.05, 0) is 279 Å². The number of benzene rings is 11. The first-order valence-electron chi connectivity index (χ1n) is 43.3. The number of nitrogens with two attached hydrogens (primary N) is 3. The number of fused-ring (bicyclic) bond motifs is 4. The topological polar surface area (TPSA) is 466 Å². The number of carboxylic acids is 1. The molecule has 0 aliphatic heterocycles. The number of carboxylic acid groups (broad SMARTS) is 1. The molecule has 730 valence electrons. The van der Waals surface area contributed by atoms with Crippen molar-refractivity contribution in [3.63, 3.8) is 0 Å². The number of furan rings is 4. The summed E-state index contributed by atoms with van der Waals surface area (Å²) in [5, 5.41) is 85.2. The van der Waals surface area contributed by atoms with Crippen LogP contribution in [0.5, 0.6) is 23.0 Å². The maximum atomic E-state index is 13.8. The van der Waals surface area contributed by atoms with Gasteiger partial charge in [0.1, 0.15) is 111 Å². The molecule has 0 bridgehead atoms. The van der Waals surface area contributed by atoms with Gasteiger partial charge in [0.25, 0.3) is 0 Å². The number of hydrogen-bond acceptors (Lipinski definition) is 26. The van der Waals surface area contributed by atoms with Crippen molar-refractivity contribution in [2.24, 2.45) is 17.2 Å². The van der Waals surface area contributed by atoms with E-state index >= 15 is 0 Å². The minimum atomic E-state index is -1.40. The summed E-state index contributed by atoms with van der Waals surface area (Å²) < 4.78 is 112. The van der Waals surface area contributed by atoms with Crippen LogP contribution in [-0.4, -0.2) is 129 Å². The number of carbonyl (C=O) groups excluding carboxylic acids is 3. The SMILES string of the molecule is CCOC(=O)Cc1cc(F)ccc1O.CCOC(=O)Cc1cc(F)ccc1OCc1cc(-c2cccc(CN)c2)c2oc(CCO)cc2c1.CCOC(=O)Cc1cc(F)ccc1OCc1cc(I)c2oc(CCO)cc2c1.Cl.NCc1cccc(-c2cc(COc3ccc(F)cc3CC(=O)O)cc3cc(CCO)oc23)c1.NCc1cccc(B(O)O)c1.OCCc1cc2cc(CO)cc(I)c2o1.[Li+].[OH-]. The molecule has 0 atom stereocenters. The molecule has 0 fully saturated rings. The molecule has 0 aliphatic rings. The monoisotopic (exact) mass is 2150 g/mol. The van der Waals surface area contributed by atoms with E-state index in [2.05, 4.69) is 49.9 Å². The number of carbonyl (C=O) groups is 4. The minimum Gasteiger partial charge on any atom is -0.870 e. The van der Waals surface area contributed by atoms with Crippen LogP contribution in [-0.2, 0) is 131 Å². The van der Waals surface area contributed by atoms with Gasteiger partial charge in [-0.25, -0.2) is 17.6 Å². The fraction of sp³-hybridized carbons (Fsp3) is 0.243. The van der Waals surface area contributed by atoms with E-state index in [1.54, 1.807) is 39.0 Å². The van der Waals surface area contributed by atoms with Crippen molar-refractivity contribution in [1.82, 2.24) is 0 Å². The molecule has 0 unspecified atom stereocenters. The number of ether oxygens (including phenoxy) is 6. The van der Waals surface area contributed by atoms with Crippen molar-refractivity contribution in [2.45, 2.75) is 118 Å². The third kappa shape index (κ3) is 34.4. The first-order valence-corrected chi connectivity index (χ1v) is 45.4. The minimum absolute atomic E-state index is 0. The van der Waals surface area contributed by atoms with Crippen molar-refractivity contribution >= 4 is 138 Å². The smallest absolute Gasteiger partial charge is 0.870 e. The molecule has 0 saturated heterocycles. The molecule has 0 radical (unpaired) electrons. The summed E-state index contributed by atoms with van der Waals surface area (Å²) in [6.45, 7) is 7.88. The molecule has 11 aromatic carbocycles. The van der Waals surface area contributed by atoms with Crippen molar-refractivity contribution in [3.05, 3.63) is 333 Å². The van der Waals surface area contributed by atoms with Gasteiger partial charge in [0, 0.05) is 100 Å². The Morgan fingerprint density at radius 3 is 1.05 bits per heavy atom. The standard InChI is InChI=1S/C28H28FNO5.C26H24FNO5.C21H20FIO5.C11H11IO3.C10H11FO3.C7H10BNO2.ClH.Li.H2O/c1-2-33-27(32)15-21-13-23(29)6-7-26(21)34-17-19-11-22-14-24(8-9-31)35-28(22)25(12-19)20-5-3-4-18(10-20)16-30;27-21-4-5-24(19(11-21)13-25(30)31)32-15-17-9-20-12-22(6-7-29)33-26(20)23(10-17)18-3-1-2-16(8-18)14-28;1-2-26-20(25)11-14-9-16(22)3-4-19(14)27-12-13-7-15-10-17(5-6-24)28-21(15)18(23)8-13;12-10-4-7(6-14)3-8-5-9(1-2-13)15-11(8)10;1-2-14-10(13)6-7-5-8(11)3-4-9(7)12;9-5-6-2-1-3-7(4-6)8(10)11;;;/h3-7,10-14,31H,2,8-9,15-17,30H2,1H3;1-5,8-12,29H,6-7,13-15,28H2,(H,30,31);3-4,7-10,24H,2,5-6,11-12H2,1H3;3-5,13-14H,1-2,6H2;3-5,12H,2,6H2,1H3;1-4,10-11H,5,9H2;1H;;1H2/q;;;;;;;+1;/p-1. The largest absolute Gasteiger partial charge is 1.00 e. The van der Waals surface area contributed by atoms with E-state index in [-0.39, 0.29) is 152 Å². The number of aliphatic hydroxyl groups excluding tert-OH is 5. The molecular formula is C103H106BClF4I2LiN3O24. The summed E-state index contributed by atoms with van der Waals surface area (Å²) in [5.41, 5.74) is 31.9. The third-order valence-corrected chi connectivity index (χ3v) is 22.0. The Labute approximate surface area is 844 Å². The molecule has 27 nitrogen and oxygen atoms in total. The second-order valence-electron chi connectivity index (χ2n) is 30.6. The molecule has 0 spiro atoms. The second-order valence-corrected chi connectivity index (χ2v) is 32.9. The summed E-state index contributed by atoms with van der Waals surface area (Å²) in [6, 6.07) is 61.3. The van der Waals surface area contributed by atoms with E-state index in [9.17, 15) is 52.1 Å². The average molecular weight is 2150 g/mol. The van der Waals surface area contributed by atoms with Gasteiger partial charge in [0.15, 0.2) is 0 Å². The fourth-order valence-electron chi connectivity index (χ4n) is 14.2. The normalized spacial score (nSPS) is 10.6. The number of hydrogen-bond donors (Lipinski definition) is 12. The van der Waals surface area contributed by atoms with Crippen LogP contribution in [0.4, 0.5) is 17.6 Å². The van der Waals surface area contributed by atoms with Crippen LogP contribution >= 0.6 is 57.6 Å². The number of aromatic hydroxyl groups is 1. The molecule has 4 heterocycles. The van der Waals surface area contributed by atoms with Crippen LogP contribution in [0.1, 0.15) is 105 Å². The Kier molecular flexibility index (Phi) is 47.5. The van der Waals surface area contributed by atoms with Gasteiger partial charge in [-0.3, -0.25) is 19.2 Å². The van der Waals surface area contributed by atoms with Gasteiger partial charge >= 0.3 is 49.9 Å². The quantitative estimate of drug-likeness (QED) is 0.00577. The number of phenols is 1. The van der Waals surface area contributed by atoms with E-state index in [1.807, 2.05) is 127 Å². The van der Waals surface area contributed by atoms with Crippen LogP contribution in [0, 0.1) is 30.4 Å². The van der Waals surface area contributed by atoms with Crippen LogP contribution in [0.3, 0.4) is 0 Å². The molecule has 4 aromatic heterocycles. The molecule has 0 aliphatic carbocycles. The molecule has 139 heavy (non-hydrogen) atoms. The number of rotatable bonds is 35. The zero-order valence-electron chi connectivity index (χ0n) is 76.5. The van der Waals surface area contributed by atoms with E-state index in [0.29, 0.717) is 96.3 Å². The third-order valence-electron chi connectivity index (χ3n) is 20.4. The van der Waals surface area contributed by atoms with Gasteiger partial charge in [-0.15, -0.1) is 12.4 Å². The maximum Gasteiger partial charge on any atom is 1.00 e. The molecule has 0 amide bonds. The van der Waals surface area contributed by atoms with Crippen LogP contribution in [0.2, 0.25) is 0 Å². The summed E-state index contributed by atoms with van der Waals surface area (Å²) in [5.74, 6) is -0.357. The molecule has 0 saturated carbocycles. The average Bonchev–Trinajstić information content (AvgIpc) is 1.66. The summed E-state index contributed by atoms with van der Waals surface area (Å²) in [4.78, 5) is 45.9. The van der Waals surface area contributed by atoms with Gasteiger partial charge in [-0.1, -0.05) is 60.7 Å². The van der Waals surface area contributed by atoms with Crippen LogP contribution in [0.25, 0.3) is 66.1 Å². The summed E-state index contributed by atoms with van der Waals surface area (Å²) >= 11 is 4.37. The van der Waals surface area contributed by atoms with Crippen molar-refractivity contribution in [2.75, 3.05) is 46.2 Å². The zero-order valence-corrected chi connectivity index (χ0v) is 81.6. The molecule has 36 heteroatoms. The molecular weight excluding hydrogens is 2050 g/mol. The second kappa shape index (κ2) is 57.8.